The quantitative estimate of drug-likeness (QED) is 0.782. The number of H-pyrrole nitrogens is 1. The molecule has 0 amide bonds. The van der Waals surface area contributed by atoms with Crippen molar-refractivity contribution in [3.8, 4) is 6.07 Å². The molecule has 2 heterocycles. The van der Waals surface area contributed by atoms with Gasteiger partial charge in [0.05, 0.1) is 5.69 Å². The number of nitrogens with zero attached hydrogens (tertiary/aromatic N) is 4. The van der Waals surface area contributed by atoms with Crippen LogP contribution in [0.3, 0.4) is 0 Å². The minimum atomic E-state index is 0.403. The normalized spacial score (nSPS) is 9.69. The van der Waals surface area contributed by atoms with E-state index >= 15 is 0 Å². The smallest absolute Gasteiger partial charge is 0.163 e. The maximum Gasteiger partial charge on any atom is 0.163 e. The Morgan fingerprint density at radius 3 is 3.12 bits per heavy atom. The third kappa shape index (κ3) is 2.33. The van der Waals surface area contributed by atoms with Crippen LogP contribution < -0.4 is 5.32 Å². The average Bonchev–Trinajstić information content (AvgIpc) is 2.83. The van der Waals surface area contributed by atoms with Crippen LogP contribution in [0.15, 0.2) is 24.7 Å². The van der Waals surface area contributed by atoms with E-state index in [1.165, 1.54) is 6.33 Å². The van der Waals surface area contributed by atoms with E-state index in [1.54, 1.807) is 12.3 Å². The average molecular weight is 214 g/mol. The van der Waals surface area contributed by atoms with Gasteiger partial charge in [-0.25, -0.2) is 9.97 Å². The fourth-order valence-corrected chi connectivity index (χ4v) is 1.30. The van der Waals surface area contributed by atoms with Crippen molar-refractivity contribution in [3.63, 3.8) is 0 Å². The summed E-state index contributed by atoms with van der Waals surface area (Å²) in [5.74, 6) is 0.815. The molecule has 0 saturated heterocycles. The van der Waals surface area contributed by atoms with E-state index in [4.69, 9.17) is 5.26 Å². The zero-order chi connectivity index (χ0) is 11.2. The summed E-state index contributed by atoms with van der Waals surface area (Å²) in [7, 11) is 0. The van der Waals surface area contributed by atoms with Gasteiger partial charge in [-0.3, -0.25) is 5.10 Å². The Morgan fingerprint density at radius 2 is 2.38 bits per heavy atom. The Bertz CT molecular complexity index is 484. The van der Waals surface area contributed by atoms with E-state index in [0.717, 1.165) is 17.9 Å². The molecule has 80 valence electrons. The first-order valence-electron chi connectivity index (χ1n) is 4.83. The van der Waals surface area contributed by atoms with Crippen LogP contribution in [0.4, 0.5) is 5.69 Å². The van der Waals surface area contributed by atoms with Crippen molar-refractivity contribution in [1.82, 2.24) is 20.2 Å². The Morgan fingerprint density at radius 1 is 1.44 bits per heavy atom. The molecule has 0 unspecified atom stereocenters. The van der Waals surface area contributed by atoms with Crippen LogP contribution in [0.1, 0.15) is 11.5 Å². The molecule has 0 atom stereocenters. The summed E-state index contributed by atoms with van der Waals surface area (Å²) in [5.41, 5.74) is 1.14. The summed E-state index contributed by atoms with van der Waals surface area (Å²) in [6.07, 6.45) is 3.79. The molecule has 6 heteroatoms. The van der Waals surface area contributed by atoms with Gasteiger partial charge >= 0.3 is 0 Å². The molecule has 0 fully saturated rings. The first-order valence-corrected chi connectivity index (χ1v) is 4.83. The zero-order valence-electron chi connectivity index (χ0n) is 8.51. The molecule has 2 aromatic rings. The van der Waals surface area contributed by atoms with Crippen molar-refractivity contribution < 1.29 is 0 Å². The van der Waals surface area contributed by atoms with Crippen LogP contribution in [0.5, 0.6) is 0 Å². The van der Waals surface area contributed by atoms with Crippen LogP contribution in [0, 0.1) is 11.3 Å². The van der Waals surface area contributed by atoms with E-state index < -0.39 is 0 Å². The SMILES string of the molecule is N#Cc1ncccc1NCCc1ncn[nH]1. The number of anilines is 1. The minimum Gasteiger partial charge on any atom is -0.382 e. The summed E-state index contributed by atoms with van der Waals surface area (Å²) in [6.45, 7) is 0.676. The molecule has 0 saturated carbocycles. The van der Waals surface area contributed by atoms with Gasteiger partial charge in [0.15, 0.2) is 5.69 Å². The lowest BCUT2D eigenvalue weighted by Gasteiger charge is -2.05. The molecule has 0 aliphatic rings. The van der Waals surface area contributed by atoms with E-state index in [9.17, 15) is 0 Å². The van der Waals surface area contributed by atoms with E-state index in [1.807, 2.05) is 12.1 Å². The Labute approximate surface area is 92.4 Å². The van der Waals surface area contributed by atoms with E-state index in [-0.39, 0.29) is 0 Å². The Kier molecular flexibility index (Phi) is 3.09. The lowest BCUT2D eigenvalue weighted by molar-refractivity contribution is 0.900. The number of pyridine rings is 1. The molecule has 2 aromatic heterocycles. The summed E-state index contributed by atoms with van der Waals surface area (Å²) in [6, 6.07) is 5.64. The lowest BCUT2D eigenvalue weighted by atomic mass is 10.3. The van der Waals surface area contributed by atoms with Crippen molar-refractivity contribution in [2.75, 3.05) is 11.9 Å². The minimum absolute atomic E-state index is 0.403. The van der Waals surface area contributed by atoms with Crippen molar-refractivity contribution in [2.45, 2.75) is 6.42 Å². The third-order valence-electron chi connectivity index (χ3n) is 2.06. The highest BCUT2D eigenvalue weighted by atomic mass is 15.2. The number of nitriles is 1. The Balaban J connectivity index is 1.93. The van der Waals surface area contributed by atoms with Gasteiger partial charge in [0.1, 0.15) is 18.2 Å². The second-order valence-electron chi connectivity index (χ2n) is 3.12. The molecule has 16 heavy (non-hydrogen) atoms. The number of hydrogen-bond donors (Lipinski definition) is 2. The second-order valence-corrected chi connectivity index (χ2v) is 3.12. The van der Waals surface area contributed by atoms with Gasteiger partial charge in [-0.15, -0.1) is 0 Å². The first kappa shape index (κ1) is 10.1. The van der Waals surface area contributed by atoms with Gasteiger partial charge < -0.3 is 5.32 Å². The van der Waals surface area contributed by atoms with Gasteiger partial charge in [-0.1, -0.05) is 0 Å². The molecule has 2 rings (SSSR count). The Hall–Kier alpha value is -2.42. The van der Waals surface area contributed by atoms with E-state index in [2.05, 4.69) is 25.5 Å². The third-order valence-corrected chi connectivity index (χ3v) is 2.06. The zero-order valence-corrected chi connectivity index (χ0v) is 8.51. The fraction of sp³-hybridized carbons (Fsp3) is 0.200. The van der Waals surface area contributed by atoms with Crippen LogP contribution >= 0.6 is 0 Å². The molecule has 6 nitrogen and oxygen atoms in total. The molecule has 0 bridgehead atoms. The maximum absolute atomic E-state index is 8.82. The molecule has 0 aromatic carbocycles. The van der Waals surface area contributed by atoms with Crippen molar-refractivity contribution in [2.24, 2.45) is 0 Å². The van der Waals surface area contributed by atoms with Crippen LogP contribution in [0.25, 0.3) is 0 Å². The summed E-state index contributed by atoms with van der Waals surface area (Å²) in [4.78, 5) is 7.96. The molecule has 0 radical (unpaired) electrons. The summed E-state index contributed by atoms with van der Waals surface area (Å²) >= 11 is 0. The van der Waals surface area contributed by atoms with Gasteiger partial charge in [-0.05, 0) is 12.1 Å². The number of aromatic amines is 1. The fourth-order valence-electron chi connectivity index (χ4n) is 1.30. The molecular formula is C10H10N6. The monoisotopic (exact) mass is 214 g/mol. The van der Waals surface area contributed by atoms with Crippen LogP contribution in [-0.4, -0.2) is 26.7 Å². The van der Waals surface area contributed by atoms with E-state index in [0.29, 0.717) is 12.2 Å². The highest BCUT2D eigenvalue weighted by Gasteiger charge is 2.01. The number of nitrogens with one attached hydrogen (secondary N) is 2. The molecule has 0 spiro atoms. The standard InChI is InChI=1S/C10H10N6/c11-6-9-8(2-1-4-12-9)13-5-3-10-14-7-15-16-10/h1-2,4,7,13H,3,5H2,(H,14,15,16). The summed E-state index contributed by atoms with van der Waals surface area (Å²) < 4.78 is 0. The molecular weight excluding hydrogens is 204 g/mol. The molecule has 0 aliphatic heterocycles. The number of hydrogen-bond acceptors (Lipinski definition) is 5. The van der Waals surface area contributed by atoms with Crippen molar-refractivity contribution in [3.05, 3.63) is 36.2 Å². The first-order chi connectivity index (χ1) is 7.90. The van der Waals surface area contributed by atoms with Gasteiger partial charge in [0, 0.05) is 19.2 Å². The number of aromatic nitrogens is 4. The maximum atomic E-state index is 8.82. The van der Waals surface area contributed by atoms with Crippen molar-refractivity contribution in [1.29, 1.82) is 5.26 Å². The highest BCUT2D eigenvalue weighted by Crippen LogP contribution is 2.10. The van der Waals surface area contributed by atoms with Crippen molar-refractivity contribution >= 4 is 5.69 Å². The molecule has 0 aliphatic carbocycles. The molecule has 2 N–H and O–H groups in total. The van der Waals surface area contributed by atoms with Gasteiger partial charge in [0.2, 0.25) is 0 Å². The second kappa shape index (κ2) is 4.89. The topological polar surface area (TPSA) is 90.3 Å². The predicted molar refractivity (Wildman–Crippen MR) is 57.5 cm³/mol. The number of rotatable bonds is 4. The lowest BCUT2D eigenvalue weighted by Crippen LogP contribution is -2.07. The van der Waals surface area contributed by atoms with Gasteiger partial charge in [0.25, 0.3) is 0 Å². The summed E-state index contributed by atoms with van der Waals surface area (Å²) in [5, 5.41) is 18.5. The predicted octanol–water partition coefficient (Wildman–Crippen LogP) is 0.726. The largest absolute Gasteiger partial charge is 0.382 e. The van der Waals surface area contributed by atoms with Gasteiger partial charge in [-0.2, -0.15) is 10.4 Å². The van der Waals surface area contributed by atoms with Crippen LogP contribution in [-0.2, 0) is 6.42 Å². The highest BCUT2D eigenvalue weighted by molar-refractivity contribution is 5.53. The van der Waals surface area contributed by atoms with Crippen LogP contribution in [0.2, 0.25) is 0 Å².